The predicted molar refractivity (Wildman–Crippen MR) is 136 cm³/mol. The lowest BCUT2D eigenvalue weighted by molar-refractivity contribution is 0.0229. The zero-order valence-corrected chi connectivity index (χ0v) is 21.4. The first-order valence-electron chi connectivity index (χ1n) is 11.8. The summed E-state index contributed by atoms with van der Waals surface area (Å²) in [4.78, 5) is 10.5. The van der Waals surface area contributed by atoms with Crippen molar-refractivity contribution >= 4 is 22.4 Å². The van der Waals surface area contributed by atoms with Crippen molar-refractivity contribution in [3.05, 3.63) is 54.5 Å². The Morgan fingerprint density at radius 2 is 1.74 bits per heavy atom. The Kier molecular flexibility index (Phi) is 8.00. The third kappa shape index (κ3) is 5.96. The highest BCUT2D eigenvalue weighted by molar-refractivity contribution is 5.83. The Bertz CT molecular complexity index is 1390. The van der Waals surface area contributed by atoms with Crippen molar-refractivity contribution in [2.75, 3.05) is 38.8 Å². The molecule has 0 bridgehead atoms. The summed E-state index contributed by atoms with van der Waals surface area (Å²) < 4.78 is 69.3. The van der Waals surface area contributed by atoms with Gasteiger partial charge >= 0.3 is 0 Å². The second-order valence-electron chi connectivity index (χ2n) is 8.84. The molecule has 0 unspecified atom stereocenters. The largest absolute Gasteiger partial charge is 0.493 e. The summed E-state index contributed by atoms with van der Waals surface area (Å²) in [7, 11) is 4.32. The zero-order chi connectivity index (χ0) is 27.4. The molecule has 38 heavy (non-hydrogen) atoms. The summed E-state index contributed by atoms with van der Waals surface area (Å²) >= 11 is 0. The second kappa shape index (κ2) is 11.2. The smallest absolute Gasteiger partial charge is 0.257 e. The van der Waals surface area contributed by atoms with Gasteiger partial charge < -0.3 is 19.7 Å². The van der Waals surface area contributed by atoms with E-state index in [1.54, 1.807) is 48.5 Å². The average molecular weight is 533 g/mol. The van der Waals surface area contributed by atoms with Crippen LogP contribution < -0.4 is 19.7 Å². The Morgan fingerprint density at radius 3 is 2.34 bits per heavy atom. The minimum Gasteiger partial charge on any atom is -0.493 e. The lowest BCUT2D eigenvalue weighted by Crippen LogP contribution is -2.32. The van der Waals surface area contributed by atoms with Crippen LogP contribution in [0.15, 0.2) is 42.9 Å². The van der Waals surface area contributed by atoms with Crippen LogP contribution in [0, 0.1) is 11.6 Å². The van der Waals surface area contributed by atoms with Crippen LogP contribution >= 0.6 is 0 Å². The number of hydrogen-bond acceptors (Lipinski definition) is 7. The SMILES string of the molecule is COc1cc(OC)c(F)c(N(CCCNCC(C)(F)F)c2ccc3ncc(-c4cnn(C)c4)nc3c2)c1F. The van der Waals surface area contributed by atoms with Crippen LogP contribution in [-0.2, 0) is 7.05 Å². The third-order valence-corrected chi connectivity index (χ3v) is 5.83. The van der Waals surface area contributed by atoms with Crippen molar-refractivity contribution in [3.63, 3.8) is 0 Å². The number of fused-ring (bicyclic) bond motifs is 1. The van der Waals surface area contributed by atoms with E-state index in [1.807, 2.05) is 0 Å². The highest BCUT2D eigenvalue weighted by Gasteiger charge is 2.26. The highest BCUT2D eigenvalue weighted by Crippen LogP contribution is 2.40. The molecule has 2 aromatic heterocycles. The monoisotopic (exact) mass is 532 g/mol. The van der Waals surface area contributed by atoms with Crippen LogP contribution in [0.3, 0.4) is 0 Å². The first-order chi connectivity index (χ1) is 18.1. The Hall–Kier alpha value is -3.93. The Labute approximate surface area is 217 Å². The predicted octanol–water partition coefficient (Wildman–Crippen LogP) is 5.10. The first-order valence-corrected chi connectivity index (χ1v) is 11.8. The maximum atomic E-state index is 15.5. The van der Waals surface area contributed by atoms with E-state index in [2.05, 4.69) is 20.4 Å². The molecule has 0 aliphatic carbocycles. The number of rotatable bonds is 11. The van der Waals surface area contributed by atoms with Crippen molar-refractivity contribution in [2.24, 2.45) is 7.05 Å². The number of benzene rings is 2. The maximum Gasteiger partial charge on any atom is 0.257 e. The van der Waals surface area contributed by atoms with Crippen molar-refractivity contribution in [2.45, 2.75) is 19.3 Å². The van der Waals surface area contributed by atoms with E-state index < -0.39 is 29.8 Å². The molecule has 0 amide bonds. The molecule has 0 atom stereocenters. The molecule has 0 saturated carbocycles. The molecule has 0 aliphatic rings. The molecule has 0 saturated heterocycles. The number of aryl methyl sites for hydroxylation is 1. The topological polar surface area (TPSA) is 77.3 Å². The van der Waals surface area contributed by atoms with Gasteiger partial charge in [0.05, 0.1) is 49.9 Å². The molecule has 0 radical (unpaired) electrons. The van der Waals surface area contributed by atoms with E-state index in [1.165, 1.54) is 19.1 Å². The number of hydrogen-bond donors (Lipinski definition) is 1. The van der Waals surface area contributed by atoms with Crippen LogP contribution in [0.4, 0.5) is 28.9 Å². The lowest BCUT2D eigenvalue weighted by atomic mass is 10.1. The van der Waals surface area contributed by atoms with Gasteiger partial charge in [0.15, 0.2) is 23.1 Å². The summed E-state index contributed by atoms with van der Waals surface area (Å²) in [6, 6.07) is 6.16. The molecule has 0 fully saturated rings. The summed E-state index contributed by atoms with van der Waals surface area (Å²) in [5.41, 5.74) is 2.45. The van der Waals surface area contributed by atoms with Gasteiger partial charge in [0.25, 0.3) is 5.92 Å². The standard InChI is InChI=1S/C26H28F4N6O2/c1-26(29,30)15-31-8-5-9-36(25-23(27)21(37-3)11-22(38-4)24(25)28)17-6-7-18-19(10-17)34-20(13-32-18)16-12-33-35(2)14-16/h6-7,10-14,31H,5,8-9,15H2,1-4H3. The van der Waals surface area contributed by atoms with Crippen LogP contribution in [0.5, 0.6) is 11.5 Å². The second-order valence-corrected chi connectivity index (χ2v) is 8.84. The van der Waals surface area contributed by atoms with Crippen molar-refractivity contribution < 1.29 is 27.0 Å². The van der Waals surface area contributed by atoms with E-state index in [9.17, 15) is 8.78 Å². The Balaban J connectivity index is 1.76. The number of nitrogens with one attached hydrogen (secondary N) is 1. The summed E-state index contributed by atoms with van der Waals surface area (Å²) in [5.74, 6) is -5.12. The number of methoxy groups -OCH3 is 2. The number of ether oxygens (including phenoxy) is 2. The fourth-order valence-electron chi connectivity index (χ4n) is 4.01. The van der Waals surface area contributed by atoms with Crippen LogP contribution in [0.1, 0.15) is 13.3 Å². The van der Waals surface area contributed by atoms with E-state index in [-0.39, 0.29) is 24.6 Å². The van der Waals surface area contributed by atoms with Crippen LogP contribution in [-0.4, -0.2) is 59.5 Å². The molecule has 2 heterocycles. The van der Waals surface area contributed by atoms with Gasteiger partial charge in [-0.15, -0.1) is 0 Å². The van der Waals surface area contributed by atoms with Crippen LogP contribution in [0.2, 0.25) is 0 Å². The molecular weight excluding hydrogens is 504 g/mol. The molecular formula is C26H28F4N6O2. The number of aromatic nitrogens is 4. The minimum absolute atomic E-state index is 0.0910. The zero-order valence-electron chi connectivity index (χ0n) is 21.4. The summed E-state index contributed by atoms with van der Waals surface area (Å²) in [6.07, 6.45) is 5.38. The van der Waals surface area contributed by atoms with Crippen molar-refractivity contribution in [1.82, 2.24) is 25.1 Å². The van der Waals surface area contributed by atoms with Crippen molar-refractivity contribution in [3.8, 4) is 22.8 Å². The normalized spacial score (nSPS) is 11.7. The summed E-state index contributed by atoms with van der Waals surface area (Å²) in [6.45, 7) is 0.595. The highest BCUT2D eigenvalue weighted by atomic mass is 19.3. The van der Waals surface area contributed by atoms with Gasteiger partial charge in [-0.2, -0.15) is 5.10 Å². The van der Waals surface area contributed by atoms with Gasteiger partial charge in [0.1, 0.15) is 5.69 Å². The fraction of sp³-hybridized carbons (Fsp3) is 0.346. The molecule has 0 spiro atoms. The lowest BCUT2D eigenvalue weighted by Gasteiger charge is -2.27. The van der Waals surface area contributed by atoms with Gasteiger partial charge in [-0.1, -0.05) is 0 Å². The maximum absolute atomic E-state index is 15.5. The van der Waals surface area contributed by atoms with Gasteiger partial charge in [-0.3, -0.25) is 9.67 Å². The molecule has 2 aromatic carbocycles. The fourth-order valence-corrected chi connectivity index (χ4v) is 4.01. The summed E-state index contributed by atoms with van der Waals surface area (Å²) in [5, 5.41) is 6.83. The first kappa shape index (κ1) is 27.1. The molecule has 1 N–H and O–H groups in total. The quantitative estimate of drug-likeness (QED) is 0.213. The van der Waals surface area contributed by atoms with Crippen molar-refractivity contribution in [1.29, 1.82) is 0 Å². The number of anilines is 2. The average Bonchev–Trinajstić information content (AvgIpc) is 3.32. The minimum atomic E-state index is -2.87. The van der Waals surface area contributed by atoms with E-state index in [0.29, 0.717) is 28.8 Å². The van der Waals surface area contributed by atoms with Gasteiger partial charge in [0, 0.05) is 44.0 Å². The van der Waals surface area contributed by atoms with Gasteiger partial charge in [-0.25, -0.2) is 22.5 Å². The third-order valence-electron chi connectivity index (χ3n) is 5.83. The van der Waals surface area contributed by atoms with E-state index in [4.69, 9.17) is 9.47 Å². The van der Waals surface area contributed by atoms with Crippen LogP contribution in [0.25, 0.3) is 22.3 Å². The number of alkyl halides is 2. The molecule has 8 nitrogen and oxygen atoms in total. The Morgan fingerprint density at radius 1 is 1.03 bits per heavy atom. The number of halogens is 4. The van der Waals surface area contributed by atoms with E-state index >= 15 is 8.78 Å². The number of nitrogens with zero attached hydrogens (tertiary/aromatic N) is 5. The molecule has 4 aromatic rings. The van der Waals surface area contributed by atoms with Gasteiger partial charge in [0.2, 0.25) is 0 Å². The molecule has 0 aliphatic heterocycles. The molecule has 4 rings (SSSR count). The van der Waals surface area contributed by atoms with E-state index in [0.717, 1.165) is 18.6 Å². The van der Waals surface area contributed by atoms with Gasteiger partial charge in [-0.05, 0) is 31.2 Å². The molecule has 202 valence electrons. The molecule has 12 heteroatoms.